The third-order valence-electron chi connectivity index (χ3n) is 4.83. The highest BCUT2D eigenvalue weighted by Crippen LogP contribution is 2.41. The van der Waals surface area contributed by atoms with Crippen LogP contribution < -0.4 is 5.32 Å². The van der Waals surface area contributed by atoms with Gasteiger partial charge in [0.15, 0.2) is 5.78 Å². The van der Waals surface area contributed by atoms with Crippen molar-refractivity contribution >= 4 is 22.6 Å². The second-order valence-electron chi connectivity index (χ2n) is 7.00. The summed E-state index contributed by atoms with van der Waals surface area (Å²) in [6.45, 7) is 6.26. The molecule has 1 heterocycles. The van der Waals surface area contributed by atoms with Gasteiger partial charge in [0.25, 0.3) is 0 Å². The molecule has 0 radical (unpaired) electrons. The number of rotatable bonds is 6. The number of anilines is 1. The van der Waals surface area contributed by atoms with Gasteiger partial charge in [-0.3, -0.25) is 9.00 Å². The predicted molar refractivity (Wildman–Crippen MR) is 105 cm³/mol. The van der Waals surface area contributed by atoms with E-state index in [4.69, 9.17) is 4.74 Å². The molecule has 2 aromatic carbocycles. The molecule has 27 heavy (non-hydrogen) atoms. The first kappa shape index (κ1) is 19.7. The van der Waals surface area contributed by atoms with E-state index < -0.39 is 11.1 Å². The Morgan fingerprint density at radius 2 is 1.96 bits per heavy atom. The second kappa shape index (κ2) is 8.33. The Hall–Kier alpha value is -2.02. The number of fused-ring (bicyclic) bond motifs is 1. The minimum absolute atomic E-state index is 0.0286. The topological polar surface area (TPSA) is 78.5 Å². The van der Waals surface area contributed by atoms with Gasteiger partial charge in [0.1, 0.15) is 0 Å². The molecule has 0 saturated carbocycles. The van der Waals surface area contributed by atoms with E-state index in [1.807, 2.05) is 45.0 Å². The van der Waals surface area contributed by atoms with Crippen LogP contribution in [0.1, 0.15) is 60.8 Å². The van der Waals surface area contributed by atoms with Gasteiger partial charge in [-0.15, -0.1) is 0 Å². The summed E-state index contributed by atoms with van der Waals surface area (Å²) in [6.07, 6.45) is 0.504. The Bertz CT molecular complexity index is 848. The van der Waals surface area contributed by atoms with E-state index >= 15 is 0 Å². The van der Waals surface area contributed by atoms with Crippen LogP contribution in [0.3, 0.4) is 0 Å². The minimum atomic E-state index is -2.27. The van der Waals surface area contributed by atoms with Crippen molar-refractivity contribution in [1.82, 2.24) is 0 Å². The minimum Gasteiger partial charge on any atom is -0.768 e. The smallest absolute Gasteiger partial charge is 0.165 e. The fourth-order valence-electron chi connectivity index (χ4n) is 3.42. The molecule has 3 atom stereocenters. The van der Waals surface area contributed by atoms with Crippen molar-refractivity contribution in [3.05, 3.63) is 59.2 Å². The number of benzene rings is 2. The monoisotopic (exact) mass is 386 g/mol. The van der Waals surface area contributed by atoms with Gasteiger partial charge in [-0.2, -0.15) is 0 Å². The van der Waals surface area contributed by atoms with Gasteiger partial charge in [0.05, 0.1) is 12.1 Å². The lowest BCUT2D eigenvalue weighted by Gasteiger charge is -2.34. The Balaban J connectivity index is 1.88. The Labute approximate surface area is 162 Å². The molecule has 1 N–H and O–H groups in total. The lowest BCUT2D eigenvalue weighted by atomic mass is 9.90. The van der Waals surface area contributed by atoms with E-state index in [0.717, 1.165) is 16.8 Å². The Morgan fingerprint density at radius 1 is 1.26 bits per heavy atom. The maximum absolute atomic E-state index is 12.1. The highest BCUT2D eigenvalue weighted by atomic mass is 32.2. The first-order valence-corrected chi connectivity index (χ1v) is 10.2. The summed E-state index contributed by atoms with van der Waals surface area (Å²) in [5.41, 5.74) is 3.53. The summed E-state index contributed by atoms with van der Waals surface area (Å²) in [6, 6.07) is 12.8. The zero-order chi connectivity index (χ0) is 19.6. The summed E-state index contributed by atoms with van der Waals surface area (Å²) >= 11 is -2.27. The molecule has 0 bridgehead atoms. The number of carbonyl (C=O) groups is 1. The average Bonchev–Trinajstić information content (AvgIpc) is 2.67. The van der Waals surface area contributed by atoms with Gasteiger partial charge in [0, 0.05) is 40.7 Å². The van der Waals surface area contributed by atoms with E-state index in [0.29, 0.717) is 18.6 Å². The molecule has 1 aliphatic rings. The van der Waals surface area contributed by atoms with E-state index in [9.17, 15) is 13.6 Å². The zero-order valence-corrected chi connectivity index (χ0v) is 16.5. The summed E-state index contributed by atoms with van der Waals surface area (Å²) in [5, 5.41) is 3.47. The number of hydrogen-bond acceptors (Lipinski definition) is 5. The standard InChI is InChI=1S/C21H25NO4S/c1-4-26-20-12-19(14-5-7-15(8-6-14)21(23)13(2)3)22-18-10-9-16(27(24)25)11-17(18)20/h5-11,13,19-20,22H,4,12H2,1-3H3,(H,24,25)/p-1/t19-,20-/m0/s1. The van der Waals surface area contributed by atoms with Crippen molar-refractivity contribution in [3.8, 4) is 0 Å². The van der Waals surface area contributed by atoms with Crippen molar-refractivity contribution in [2.24, 2.45) is 5.92 Å². The summed E-state index contributed by atoms with van der Waals surface area (Å²) < 4.78 is 28.5. The molecule has 2 aromatic rings. The third kappa shape index (κ3) is 4.29. The summed E-state index contributed by atoms with van der Waals surface area (Å²) in [7, 11) is 0. The van der Waals surface area contributed by atoms with Crippen molar-refractivity contribution in [3.63, 3.8) is 0 Å². The summed E-state index contributed by atoms with van der Waals surface area (Å²) in [4.78, 5) is 12.4. The van der Waals surface area contributed by atoms with Crippen molar-refractivity contribution in [2.45, 2.75) is 44.2 Å². The molecule has 1 aliphatic heterocycles. The van der Waals surface area contributed by atoms with Crippen LogP contribution in [0.25, 0.3) is 0 Å². The van der Waals surface area contributed by atoms with Crippen LogP contribution in [-0.2, 0) is 15.8 Å². The number of Topliss-reactive ketones (excluding diaryl/α,β-unsaturated/α-hetero) is 1. The SMILES string of the molecule is CCO[C@H]1C[C@@H](c2ccc(C(=O)C(C)C)cc2)Nc2ccc(S(=O)[O-])cc21. The molecular weight excluding hydrogens is 362 g/mol. The largest absolute Gasteiger partial charge is 0.768 e. The van der Waals surface area contributed by atoms with Crippen LogP contribution in [0.5, 0.6) is 0 Å². The van der Waals surface area contributed by atoms with Crippen LogP contribution in [0.4, 0.5) is 5.69 Å². The molecule has 0 aliphatic carbocycles. The Kier molecular flexibility index (Phi) is 6.09. The van der Waals surface area contributed by atoms with Crippen LogP contribution in [0, 0.1) is 5.92 Å². The van der Waals surface area contributed by atoms with Crippen LogP contribution in [-0.4, -0.2) is 21.2 Å². The number of ether oxygens (including phenoxy) is 1. The molecule has 3 rings (SSSR count). The fraction of sp³-hybridized carbons (Fsp3) is 0.381. The van der Waals surface area contributed by atoms with Gasteiger partial charge >= 0.3 is 0 Å². The number of nitrogens with one attached hydrogen (secondary N) is 1. The predicted octanol–water partition coefficient (Wildman–Crippen LogP) is 4.40. The van der Waals surface area contributed by atoms with E-state index in [-0.39, 0.29) is 28.7 Å². The van der Waals surface area contributed by atoms with Crippen molar-refractivity contribution < 1.29 is 18.3 Å². The first-order valence-electron chi connectivity index (χ1n) is 9.16. The van der Waals surface area contributed by atoms with Crippen molar-refractivity contribution in [1.29, 1.82) is 0 Å². The highest BCUT2D eigenvalue weighted by Gasteiger charge is 2.28. The van der Waals surface area contributed by atoms with Gasteiger partial charge in [-0.05, 0) is 41.8 Å². The quantitative estimate of drug-likeness (QED) is 0.588. The molecule has 0 aromatic heterocycles. The molecule has 6 heteroatoms. The third-order valence-corrected chi connectivity index (χ3v) is 5.47. The maximum Gasteiger partial charge on any atom is 0.165 e. The van der Waals surface area contributed by atoms with Crippen LogP contribution >= 0.6 is 0 Å². The second-order valence-corrected chi connectivity index (χ2v) is 7.94. The fourth-order valence-corrected chi connectivity index (χ4v) is 3.82. The lowest BCUT2D eigenvalue weighted by Crippen LogP contribution is -2.23. The average molecular weight is 386 g/mol. The lowest BCUT2D eigenvalue weighted by molar-refractivity contribution is 0.0497. The molecule has 0 spiro atoms. The van der Waals surface area contributed by atoms with E-state index in [1.54, 1.807) is 18.2 Å². The summed E-state index contributed by atoms with van der Waals surface area (Å²) in [5.74, 6) is 0.104. The van der Waals surface area contributed by atoms with E-state index in [1.165, 1.54) is 0 Å². The molecule has 5 nitrogen and oxygen atoms in total. The van der Waals surface area contributed by atoms with Gasteiger partial charge < -0.3 is 14.6 Å². The highest BCUT2D eigenvalue weighted by molar-refractivity contribution is 7.79. The molecule has 1 unspecified atom stereocenters. The first-order chi connectivity index (χ1) is 12.9. The molecule has 0 amide bonds. The number of ketones is 1. The van der Waals surface area contributed by atoms with Gasteiger partial charge in [0.2, 0.25) is 0 Å². The maximum atomic E-state index is 12.1. The van der Waals surface area contributed by atoms with Crippen LogP contribution in [0.2, 0.25) is 0 Å². The Morgan fingerprint density at radius 3 is 2.56 bits per heavy atom. The van der Waals surface area contributed by atoms with E-state index in [2.05, 4.69) is 5.32 Å². The van der Waals surface area contributed by atoms with Gasteiger partial charge in [-0.1, -0.05) is 38.1 Å². The zero-order valence-electron chi connectivity index (χ0n) is 15.7. The van der Waals surface area contributed by atoms with Crippen molar-refractivity contribution in [2.75, 3.05) is 11.9 Å². The molecule has 0 saturated heterocycles. The van der Waals surface area contributed by atoms with Gasteiger partial charge in [-0.25, -0.2) is 0 Å². The number of carbonyl (C=O) groups excluding carboxylic acids is 1. The molecular formula is C21H24NO4S-. The molecule has 0 fully saturated rings. The normalized spacial score (nSPS) is 20.0. The van der Waals surface area contributed by atoms with Crippen LogP contribution in [0.15, 0.2) is 47.4 Å². The number of hydrogen-bond donors (Lipinski definition) is 1. The molecule has 144 valence electrons.